The van der Waals surface area contributed by atoms with Crippen LogP contribution >= 0.6 is 11.3 Å². The van der Waals surface area contributed by atoms with Crippen LogP contribution in [-0.2, 0) is 9.47 Å². The number of nitrogens with one attached hydrogen (secondary N) is 1. The summed E-state index contributed by atoms with van der Waals surface area (Å²) in [4.78, 5) is 12.2. The van der Waals surface area contributed by atoms with Gasteiger partial charge in [0.2, 0.25) is 0 Å². The number of ether oxygens (including phenoxy) is 2. The molecule has 5 nitrogen and oxygen atoms in total. The molecule has 0 saturated carbocycles. The van der Waals surface area contributed by atoms with E-state index in [2.05, 4.69) is 5.32 Å². The van der Waals surface area contributed by atoms with E-state index in [-0.39, 0.29) is 5.91 Å². The smallest absolute Gasteiger partial charge is 0.263 e. The van der Waals surface area contributed by atoms with Crippen molar-refractivity contribution in [3.63, 3.8) is 0 Å². The van der Waals surface area contributed by atoms with Crippen LogP contribution in [0.5, 0.6) is 0 Å². The predicted octanol–water partition coefficient (Wildman–Crippen LogP) is 1.11. The first kappa shape index (κ1) is 14.0. The second kappa shape index (κ2) is 8.05. The first-order valence-corrected chi connectivity index (χ1v) is 6.31. The predicted molar refractivity (Wildman–Crippen MR) is 68.4 cm³/mol. The van der Waals surface area contributed by atoms with E-state index in [0.717, 1.165) is 6.42 Å². The maximum atomic E-state index is 11.6. The fraction of sp³-hybridized carbons (Fsp3) is 0.545. The second-order valence-electron chi connectivity index (χ2n) is 3.42. The SMILES string of the molecule is COCCOCCCNC(=O)c1sccc1N. The van der Waals surface area contributed by atoms with E-state index in [4.69, 9.17) is 15.2 Å². The molecule has 0 aromatic carbocycles. The first-order valence-electron chi connectivity index (χ1n) is 5.43. The van der Waals surface area contributed by atoms with Gasteiger partial charge in [0.25, 0.3) is 5.91 Å². The fourth-order valence-corrected chi connectivity index (χ4v) is 1.94. The highest BCUT2D eigenvalue weighted by Gasteiger charge is 2.09. The number of amides is 1. The van der Waals surface area contributed by atoms with E-state index >= 15 is 0 Å². The van der Waals surface area contributed by atoms with Crippen molar-refractivity contribution in [2.45, 2.75) is 6.42 Å². The average molecular weight is 258 g/mol. The van der Waals surface area contributed by atoms with Crippen LogP contribution in [0.25, 0.3) is 0 Å². The van der Waals surface area contributed by atoms with Gasteiger partial charge in [0.1, 0.15) is 4.88 Å². The molecule has 1 amide bonds. The number of carbonyl (C=O) groups is 1. The van der Waals surface area contributed by atoms with Gasteiger partial charge in [-0.15, -0.1) is 11.3 Å². The monoisotopic (exact) mass is 258 g/mol. The molecule has 17 heavy (non-hydrogen) atoms. The highest BCUT2D eigenvalue weighted by Crippen LogP contribution is 2.17. The summed E-state index contributed by atoms with van der Waals surface area (Å²) < 4.78 is 10.1. The third-order valence-electron chi connectivity index (χ3n) is 2.08. The van der Waals surface area contributed by atoms with Crippen LogP contribution < -0.4 is 11.1 Å². The molecule has 0 spiro atoms. The van der Waals surface area contributed by atoms with Crippen molar-refractivity contribution in [1.82, 2.24) is 5.32 Å². The molecule has 0 bridgehead atoms. The second-order valence-corrected chi connectivity index (χ2v) is 4.34. The zero-order valence-electron chi connectivity index (χ0n) is 9.90. The lowest BCUT2D eigenvalue weighted by atomic mass is 10.3. The molecule has 0 aliphatic carbocycles. The number of methoxy groups -OCH3 is 1. The number of hydrogen-bond acceptors (Lipinski definition) is 5. The Bertz CT molecular complexity index is 341. The minimum absolute atomic E-state index is 0.116. The quantitative estimate of drug-likeness (QED) is 0.685. The van der Waals surface area contributed by atoms with Crippen molar-refractivity contribution in [2.75, 3.05) is 39.2 Å². The standard InChI is InChI=1S/C11H18N2O3S/c1-15-6-7-16-5-2-4-13-11(14)10-9(12)3-8-17-10/h3,8H,2,4-7,12H2,1H3,(H,13,14). The Labute approximate surface area is 105 Å². The Balaban J connectivity index is 2.07. The third-order valence-corrected chi connectivity index (χ3v) is 3.01. The Hall–Kier alpha value is -1.11. The third kappa shape index (κ3) is 5.16. The minimum atomic E-state index is -0.116. The number of anilines is 1. The van der Waals surface area contributed by atoms with Crippen LogP contribution in [0.3, 0.4) is 0 Å². The molecule has 0 fully saturated rings. The highest BCUT2D eigenvalue weighted by atomic mass is 32.1. The normalized spacial score (nSPS) is 10.4. The van der Waals surface area contributed by atoms with Crippen molar-refractivity contribution < 1.29 is 14.3 Å². The van der Waals surface area contributed by atoms with Crippen LogP contribution in [-0.4, -0.2) is 39.4 Å². The number of carbonyl (C=O) groups excluding carboxylic acids is 1. The number of hydrogen-bond donors (Lipinski definition) is 2. The summed E-state index contributed by atoms with van der Waals surface area (Å²) in [5.74, 6) is -0.116. The van der Waals surface area contributed by atoms with Crippen molar-refractivity contribution in [1.29, 1.82) is 0 Å². The number of rotatable bonds is 8. The Morgan fingerprint density at radius 1 is 1.47 bits per heavy atom. The molecule has 96 valence electrons. The van der Waals surface area contributed by atoms with Crippen molar-refractivity contribution >= 4 is 22.9 Å². The van der Waals surface area contributed by atoms with Gasteiger partial charge in [-0.2, -0.15) is 0 Å². The van der Waals surface area contributed by atoms with Gasteiger partial charge in [-0.3, -0.25) is 4.79 Å². The van der Waals surface area contributed by atoms with Gasteiger partial charge in [-0.1, -0.05) is 0 Å². The molecule has 0 radical (unpaired) electrons. The minimum Gasteiger partial charge on any atom is -0.397 e. The van der Waals surface area contributed by atoms with Gasteiger partial charge in [-0.25, -0.2) is 0 Å². The summed E-state index contributed by atoms with van der Waals surface area (Å²) in [5.41, 5.74) is 6.17. The zero-order valence-corrected chi connectivity index (χ0v) is 10.7. The van der Waals surface area contributed by atoms with Gasteiger partial charge in [0, 0.05) is 20.3 Å². The van der Waals surface area contributed by atoms with E-state index in [1.807, 2.05) is 0 Å². The van der Waals surface area contributed by atoms with Gasteiger partial charge < -0.3 is 20.5 Å². The maximum absolute atomic E-state index is 11.6. The molecule has 3 N–H and O–H groups in total. The summed E-state index contributed by atoms with van der Waals surface area (Å²) in [7, 11) is 1.63. The summed E-state index contributed by atoms with van der Waals surface area (Å²) in [6.07, 6.45) is 0.779. The van der Waals surface area contributed by atoms with Crippen LogP contribution in [0.2, 0.25) is 0 Å². The van der Waals surface area contributed by atoms with Gasteiger partial charge in [0.15, 0.2) is 0 Å². The molecule has 6 heteroatoms. The molecule has 1 heterocycles. The fourth-order valence-electron chi connectivity index (χ4n) is 1.20. The van der Waals surface area contributed by atoms with Crippen molar-refractivity contribution in [3.8, 4) is 0 Å². The summed E-state index contributed by atoms with van der Waals surface area (Å²) in [5, 5.41) is 4.60. The number of nitrogens with two attached hydrogens (primary N) is 1. The first-order chi connectivity index (χ1) is 8.25. The lowest BCUT2D eigenvalue weighted by Gasteiger charge is -2.05. The van der Waals surface area contributed by atoms with Crippen molar-refractivity contribution in [3.05, 3.63) is 16.3 Å². The molecule has 1 aromatic heterocycles. The van der Waals surface area contributed by atoms with Crippen LogP contribution in [0, 0.1) is 0 Å². The van der Waals surface area contributed by atoms with E-state index in [9.17, 15) is 4.79 Å². The van der Waals surface area contributed by atoms with E-state index in [0.29, 0.717) is 36.9 Å². The van der Waals surface area contributed by atoms with Gasteiger partial charge in [-0.05, 0) is 17.9 Å². The zero-order chi connectivity index (χ0) is 12.5. The Morgan fingerprint density at radius 3 is 2.94 bits per heavy atom. The Kier molecular flexibility index (Phi) is 6.61. The van der Waals surface area contributed by atoms with Gasteiger partial charge >= 0.3 is 0 Å². The molecular weight excluding hydrogens is 240 g/mol. The van der Waals surface area contributed by atoms with Crippen LogP contribution in [0.15, 0.2) is 11.4 Å². The lowest BCUT2D eigenvalue weighted by Crippen LogP contribution is -2.25. The summed E-state index contributed by atoms with van der Waals surface area (Å²) >= 11 is 1.35. The van der Waals surface area contributed by atoms with E-state index < -0.39 is 0 Å². The van der Waals surface area contributed by atoms with Crippen LogP contribution in [0.4, 0.5) is 5.69 Å². The van der Waals surface area contributed by atoms with E-state index in [1.54, 1.807) is 18.6 Å². The summed E-state index contributed by atoms with van der Waals surface area (Å²) in [6, 6.07) is 1.73. The summed E-state index contributed by atoms with van der Waals surface area (Å²) in [6.45, 7) is 2.38. The maximum Gasteiger partial charge on any atom is 0.263 e. The highest BCUT2D eigenvalue weighted by molar-refractivity contribution is 7.12. The molecule has 0 saturated heterocycles. The number of nitrogen functional groups attached to an aromatic ring is 1. The molecule has 1 rings (SSSR count). The topological polar surface area (TPSA) is 73.6 Å². The molecule has 0 unspecified atom stereocenters. The Morgan fingerprint density at radius 2 is 2.29 bits per heavy atom. The molecule has 0 aliphatic heterocycles. The lowest BCUT2D eigenvalue weighted by molar-refractivity contribution is 0.0688. The number of thiophene rings is 1. The molecule has 0 atom stereocenters. The largest absolute Gasteiger partial charge is 0.397 e. The molecule has 1 aromatic rings. The molecule has 0 aliphatic rings. The average Bonchev–Trinajstić information content (AvgIpc) is 2.74. The van der Waals surface area contributed by atoms with E-state index in [1.165, 1.54) is 11.3 Å². The van der Waals surface area contributed by atoms with Crippen molar-refractivity contribution in [2.24, 2.45) is 0 Å². The molecular formula is C11H18N2O3S. The van der Waals surface area contributed by atoms with Gasteiger partial charge in [0.05, 0.1) is 18.9 Å². The van der Waals surface area contributed by atoms with Crippen LogP contribution in [0.1, 0.15) is 16.1 Å².